The van der Waals surface area contributed by atoms with Gasteiger partial charge >= 0.3 is 0 Å². The molecule has 0 aliphatic carbocycles. The molecule has 2 rings (SSSR count). The fourth-order valence-corrected chi connectivity index (χ4v) is 2.49. The van der Waals surface area contributed by atoms with Crippen molar-refractivity contribution in [2.75, 3.05) is 13.7 Å². The Kier molecular flexibility index (Phi) is 6.21. The minimum absolute atomic E-state index is 0.449. The van der Waals surface area contributed by atoms with E-state index in [9.17, 15) is 5.11 Å². The molecule has 0 saturated heterocycles. The number of aliphatic hydroxyl groups excluding tert-OH is 1. The van der Waals surface area contributed by atoms with Crippen LogP contribution in [0.4, 0.5) is 0 Å². The number of nitrogens with one attached hydrogen (secondary N) is 1. The van der Waals surface area contributed by atoms with Gasteiger partial charge < -0.3 is 15.2 Å². The maximum atomic E-state index is 10.2. The SMILES string of the molecule is COCc1ccccc1CNCC(O)c1ccccc1Cl. The number of hydrogen-bond acceptors (Lipinski definition) is 3. The van der Waals surface area contributed by atoms with Crippen molar-refractivity contribution in [2.24, 2.45) is 0 Å². The lowest BCUT2D eigenvalue weighted by Gasteiger charge is -2.15. The summed E-state index contributed by atoms with van der Waals surface area (Å²) in [5, 5.41) is 14.0. The summed E-state index contributed by atoms with van der Waals surface area (Å²) in [6, 6.07) is 15.5. The minimum Gasteiger partial charge on any atom is -0.387 e. The third-order valence-corrected chi connectivity index (χ3v) is 3.68. The molecule has 4 heteroatoms. The molecule has 3 nitrogen and oxygen atoms in total. The van der Waals surface area contributed by atoms with Crippen molar-refractivity contribution in [1.82, 2.24) is 5.32 Å². The average molecular weight is 306 g/mol. The molecule has 0 amide bonds. The van der Waals surface area contributed by atoms with Gasteiger partial charge in [0.05, 0.1) is 12.7 Å². The van der Waals surface area contributed by atoms with Gasteiger partial charge in [-0.05, 0) is 17.2 Å². The monoisotopic (exact) mass is 305 g/mol. The summed E-state index contributed by atoms with van der Waals surface area (Å²) in [7, 11) is 1.69. The zero-order valence-corrected chi connectivity index (χ0v) is 12.8. The average Bonchev–Trinajstić information content (AvgIpc) is 2.49. The smallest absolute Gasteiger partial charge is 0.0928 e. The second-order valence-electron chi connectivity index (χ2n) is 4.87. The molecular formula is C17H20ClNO2. The fraction of sp³-hybridized carbons (Fsp3) is 0.294. The predicted molar refractivity (Wildman–Crippen MR) is 85.3 cm³/mol. The van der Waals surface area contributed by atoms with Crippen molar-refractivity contribution in [1.29, 1.82) is 0 Å². The first-order valence-corrected chi connectivity index (χ1v) is 7.29. The normalized spacial score (nSPS) is 12.3. The zero-order valence-electron chi connectivity index (χ0n) is 12.1. The second-order valence-corrected chi connectivity index (χ2v) is 5.28. The number of hydrogen-bond donors (Lipinski definition) is 2. The van der Waals surface area contributed by atoms with Gasteiger partial charge in [-0.2, -0.15) is 0 Å². The van der Waals surface area contributed by atoms with Gasteiger partial charge in [0.2, 0.25) is 0 Å². The molecule has 1 atom stereocenters. The van der Waals surface area contributed by atoms with Crippen molar-refractivity contribution < 1.29 is 9.84 Å². The van der Waals surface area contributed by atoms with Gasteiger partial charge in [-0.1, -0.05) is 54.1 Å². The first-order chi connectivity index (χ1) is 10.2. The zero-order chi connectivity index (χ0) is 15.1. The summed E-state index contributed by atoms with van der Waals surface area (Å²) < 4.78 is 5.19. The molecule has 0 radical (unpaired) electrons. The highest BCUT2D eigenvalue weighted by molar-refractivity contribution is 6.31. The van der Waals surface area contributed by atoms with Gasteiger partial charge in [-0.25, -0.2) is 0 Å². The summed E-state index contributed by atoms with van der Waals surface area (Å²) >= 11 is 6.08. The van der Waals surface area contributed by atoms with E-state index in [1.165, 1.54) is 5.56 Å². The van der Waals surface area contributed by atoms with Gasteiger partial charge in [0.25, 0.3) is 0 Å². The Hall–Kier alpha value is -1.39. The van der Waals surface area contributed by atoms with Gasteiger partial charge in [0.15, 0.2) is 0 Å². The van der Waals surface area contributed by atoms with Gasteiger partial charge in [0.1, 0.15) is 0 Å². The highest BCUT2D eigenvalue weighted by Gasteiger charge is 2.10. The van der Waals surface area contributed by atoms with Crippen LogP contribution < -0.4 is 5.32 Å². The Labute approximate surface area is 130 Å². The molecule has 0 spiro atoms. The molecule has 0 aromatic heterocycles. The molecular weight excluding hydrogens is 286 g/mol. The molecule has 0 saturated carbocycles. The standard InChI is InChI=1S/C17H20ClNO2/c1-21-12-14-7-3-2-6-13(14)10-19-11-17(20)15-8-4-5-9-16(15)18/h2-9,17,19-20H,10-12H2,1H3. The summed E-state index contributed by atoms with van der Waals surface area (Å²) in [5.41, 5.74) is 3.07. The molecule has 2 aromatic carbocycles. The molecule has 0 heterocycles. The van der Waals surface area contributed by atoms with E-state index >= 15 is 0 Å². The van der Waals surface area contributed by atoms with Crippen LogP contribution in [0.2, 0.25) is 5.02 Å². The van der Waals surface area contributed by atoms with E-state index in [1.807, 2.05) is 36.4 Å². The second kappa shape index (κ2) is 8.15. The number of methoxy groups -OCH3 is 1. The van der Waals surface area contributed by atoms with Crippen molar-refractivity contribution in [3.8, 4) is 0 Å². The van der Waals surface area contributed by atoms with Crippen molar-refractivity contribution >= 4 is 11.6 Å². The Morgan fingerprint density at radius 3 is 2.48 bits per heavy atom. The van der Waals surface area contributed by atoms with Crippen LogP contribution >= 0.6 is 11.6 Å². The van der Waals surface area contributed by atoms with Crippen molar-refractivity contribution in [3.63, 3.8) is 0 Å². The number of benzene rings is 2. The fourth-order valence-electron chi connectivity index (χ4n) is 2.23. The molecule has 2 N–H and O–H groups in total. The highest BCUT2D eigenvalue weighted by Crippen LogP contribution is 2.22. The number of halogens is 1. The Bertz CT molecular complexity index is 574. The molecule has 112 valence electrons. The van der Waals surface area contributed by atoms with Gasteiger partial charge in [-0.3, -0.25) is 0 Å². The molecule has 21 heavy (non-hydrogen) atoms. The topological polar surface area (TPSA) is 41.5 Å². The Morgan fingerprint density at radius 2 is 1.76 bits per heavy atom. The third kappa shape index (κ3) is 4.55. The van der Waals surface area contributed by atoms with E-state index < -0.39 is 6.10 Å². The van der Waals surface area contributed by atoms with Crippen molar-refractivity contribution in [3.05, 3.63) is 70.2 Å². The molecule has 2 aromatic rings. The van der Waals surface area contributed by atoms with Crippen LogP contribution in [-0.2, 0) is 17.9 Å². The van der Waals surface area contributed by atoms with E-state index in [4.69, 9.17) is 16.3 Å². The summed E-state index contributed by atoms with van der Waals surface area (Å²) in [6.45, 7) is 1.72. The summed E-state index contributed by atoms with van der Waals surface area (Å²) in [6.07, 6.45) is -0.617. The number of ether oxygens (including phenoxy) is 1. The minimum atomic E-state index is -0.617. The van der Waals surface area contributed by atoms with Gasteiger partial charge in [0, 0.05) is 30.8 Å². The quantitative estimate of drug-likeness (QED) is 0.824. The Morgan fingerprint density at radius 1 is 1.10 bits per heavy atom. The summed E-state index contributed by atoms with van der Waals surface area (Å²) in [4.78, 5) is 0. The van der Waals surface area contributed by atoms with Crippen LogP contribution in [0, 0.1) is 0 Å². The summed E-state index contributed by atoms with van der Waals surface area (Å²) in [5.74, 6) is 0. The predicted octanol–water partition coefficient (Wildman–Crippen LogP) is 3.31. The van der Waals surface area contributed by atoms with Crippen molar-refractivity contribution in [2.45, 2.75) is 19.3 Å². The van der Waals surface area contributed by atoms with E-state index in [-0.39, 0.29) is 0 Å². The first-order valence-electron chi connectivity index (χ1n) is 6.91. The van der Waals surface area contributed by atoms with Crippen LogP contribution in [-0.4, -0.2) is 18.8 Å². The van der Waals surface area contributed by atoms with Crippen LogP contribution in [0.5, 0.6) is 0 Å². The molecule has 0 fully saturated rings. The number of aliphatic hydroxyl groups is 1. The van der Waals surface area contributed by atoms with Crippen LogP contribution in [0.25, 0.3) is 0 Å². The van der Waals surface area contributed by atoms with Gasteiger partial charge in [-0.15, -0.1) is 0 Å². The first kappa shape index (κ1) is 16.0. The maximum absolute atomic E-state index is 10.2. The highest BCUT2D eigenvalue weighted by atomic mass is 35.5. The lowest BCUT2D eigenvalue weighted by Crippen LogP contribution is -2.22. The van der Waals surface area contributed by atoms with Crippen LogP contribution in [0.3, 0.4) is 0 Å². The molecule has 0 bridgehead atoms. The number of rotatable bonds is 7. The van der Waals surface area contributed by atoms with E-state index in [0.29, 0.717) is 24.7 Å². The largest absolute Gasteiger partial charge is 0.387 e. The Balaban J connectivity index is 1.91. The molecule has 0 aliphatic heterocycles. The van der Waals surface area contributed by atoms with E-state index in [1.54, 1.807) is 13.2 Å². The molecule has 0 aliphatic rings. The van der Waals surface area contributed by atoms with Crippen LogP contribution in [0.1, 0.15) is 22.8 Å². The maximum Gasteiger partial charge on any atom is 0.0928 e. The van der Waals surface area contributed by atoms with E-state index in [2.05, 4.69) is 11.4 Å². The molecule has 1 unspecified atom stereocenters. The van der Waals surface area contributed by atoms with E-state index in [0.717, 1.165) is 11.1 Å². The third-order valence-electron chi connectivity index (χ3n) is 3.34. The lowest BCUT2D eigenvalue weighted by molar-refractivity contribution is 0.173. The lowest BCUT2D eigenvalue weighted by atomic mass is 10.1. The van der Waals surface area contributed by atoms with Crippen LogP contribution in [0.15, 0.2) is 48.5 Å².